The van der Waals surface area contributed by atoms with E-state index in [2.05, 4.69) is 10.0 Å². The van der Waals surface area contributed by atoms with Gasteiger partial charge in [0, 0.05) is 0 Å². The van der Waals surface area contributed by atoms with Gasteiger partial charge in [0.15, 0.2) is 6.61 Å². The highest BCUT2D eigenvalue weighted by atomic mass is 35.5. The average Bonchev–Trinajstić information content (AvgIpc) is 2.72. The third kappa shape index (κ3) is 5.84. The Morgan fingerprint density at radius 2 is 1.58 bits per heavy atom. The van der Waals surface area contributed by atoms with Gasteiger partial charge in [0.2, 0.25) is 0 Å². The molecule has 0 aliphatic carbocycles. The molecular weight excluding hydrogens is 473 g/mol. The van der Waals surface area contributed by atoms with Gasteiger partial charge >= 0.3 is 0 Å². The first-order valence-corrected chi connectivity index (χ1v) is 10.8. The molecule has 0 aliphatic heterocycles. The minimum atomic E-state index is -3.91. The molecule has 3 aromatic rings. The van der Waals surface area contributed by atoms with E-state index in [1.165, 1.54) is 48.5 Å². The Bertz CT molecular complexity index is 1200. The predicted molar refractivity (Wildman–Crippen MR) is 114 cm³/mol. The summed E-state index contributed by atoms with van der Waals surface area (Å²) in [5.74, 6) is -2.45. The van der Waals surface area contributed by atoms with Crippen molar-refractivity contribution in [2.75, 3.05) is 16.6 Å². The van der Waals surface area contributed by atoms with E-state index in [0.29, 0.717) is 0 Å². The second kappa shape index (κ2) is 9.51. The van der Waals surface area contributed by atoms with Crippen molar-refractivity contribution >= 4 is 50.5 Å². The van der Waals surface area contributed by atoms with Crippen LogP contribution in [0.5, 0.6) is 5.75 Å². The van der Waals surface area contributed by atoms with Crippen molar-refractivity contribution in [1.29, 1.82) is 0 Å². The smallest absolute Gasteiger partial charge is 0.262 e. The summed E-state index contributed by atoms with van der Waals surface area (Å²) in [7, 11) is -3.91. The van der Waals surface area contributed by atoms with Crippen LogP contribution in [0.1, 0.15) is 0 Å². The summed E-state index contributed by atoms with van der Waals surface area (Å²) < 4.78 is 59.7. The number of hydrogen-bond donors (Lipinski definition) is 2. The van der Waals surface area contributed by atoms with Gasteiger partial charge in [0.1, 0.15) is 23.1 Å². The molecule has 162 valence electrons. The zero-order chi connectivity index (χ0) is 22.6. The van der Waals surface area contributed by atoms with Crippen molar-refractivity contribution < 1.29 is 26.7 Å². The largest absolute Gasteiger partial charge is 0.484 e. The van der Waals surface area contributed by atoms with Crippen molar-refractivity contribution in [1.82, 2.24) is 0 Å². The van der Waals surface area contributed by atoms with Crippen LogP contribution in [0.2, 0.25) is 10.0 Å². The number of ether oxygens (including phenoxy) is 1. The molecule has 11 heteroatoms. The quantitative estimate of drug-likeness (QED) is 0.487. The number of carbonyl (C=O) groups is 1. The van der Waals surface area contributed by atoms with E-state index in [4.69, 9.17) is 27.9 Å². The lowest BCUT2D eigenvalue weighted by Crippen LogP contribution is -2.21. The lowest BCUT2D eigenvalue weighted by atomic mass is 10.3. The summed E-state index contributed by atoms with van der Waals surface area (Å²) in [5, 5.41) is 2.56. The molecule has 0 aromatic heterocycles. The zero-order valence-corrected chi connectivity index (χ0v) is 17.9. The number of amides is 1. The van der Waals surface area contributed by atoms with E-state index in [9.17, 15) is 22.0 Å². The van der Waals surface area contributed by atoms with Crippen molar-refractivity contribution in [3.63, 3.8) is 0 Å². The highest BCUT2D eigenvalue weighted by Crippen LogP contribution is 2.27. The molecule has 0 saturated carbocycles. The Balaban J connectivity index is 1.61. The molecule has 0 bridgehead atoms. The van der Waals surface area contributed by atoms with Crippen LogP contribution in [0.15, 0.2) is 65.6 Å². The molecule has 31 heavy (non-hydrogen) atoms. The standard InChI is InChI=1S/C20H14Cl2F2N2O4S/c21-15-9-4-12(10-16(15)22)26-31(28,29)14-7-5-13(6-8-14)30-11-19(27)25-20-17(23)2-1-3-18(20)24/h1-10,26H,11H2,(H,25,27). The molecule has 0 fully saturated rings. The first-order valence-electron chi connectivity index (χ1n) is 8.60. The lowest BCUT2D eigenvalue weighted by Gasteiger charge is -2.11. The molecule has 0 aliphatic rings. The summed E-state index contributed by atoms with van der Waals surface area (Å²) in [6, 6.07) is 12.7. The van der Waals surface area contributed by atoms with E-state index in [1.807, 2.05) is 0 Å². The number of nitrogens with one attached hydrogen (secondary N) is 2. The summed E-state index contributed by atoms with van der Waals surface area (Å²) in [6.45, 7) is -0.540. The molecule has 2 N–H and O–H groups in total. The van der Waals surface area contributed by atoms with Crippen LogP contribution >= 0.6 is 23.2 Å². The van der Waals surface area contributed by atoms with Crippen LogP contribution in [0.25, 0.3) is 0 Å². The van der Waals surface area contributed by atoms with Crippen molar-refractivity contribution in [3.05, 3.63) is 82.3 Å². The molecule has 0 heterocycles. The highest BCUT2D eigenvalue weighted by molar-refractivity contribution is 7.92. The number of rotatable bonds is 7. The molecule has 3 rings (SSSR count). The fourth-order valence-corrected chi connectivity index (χ4v) is 3.78. The van der Waals surface area contributed by atoms with Crippen LogP contribution in [0, 0.1) is 11.6 Å². The third-order valence-corrected chi connectivity index (χ3v) is 6.04. The molecule has 0 unspecified atom stereocenters. The predicted octanol–water partition coefficient (Wildman–Crippen LogP) is 5.09. The number of sulfonamides is 1. The normalized spacial score (nSPS) is 11.1. The first kappa shape index (κ1) is 22.8. The van der Waals surface area contributed by atoms with Gasteiger partial charge in [0.05, 0.1) is 20.6 Å². The molecular formula is C20H14Cl2F2N2O4S. The molecule has 1 amide bonds. The molecule has 6 nitrogen and oxygen atoms in total. The van der Waals surface area contributed by atoms with Gasteiger partial charge in [-0.05, 0) is 54.6 Å². The summed E-state index contributed by atoms with van der Waals surface area (Å²) in [5.41, 5.74) is -0.349. The number of hydrogen-bond acceptors (Lipinski definition) is 4. The minimum absolute atomic E-state index is 0.0659. The van der Waals surface area contributed by atoms with Crippen LogP contribution in [-0.2, 0) is 14.8 Å². The Kier molecular flexibility index (Phi) is 6.99. The van der Waals surface area contributed by atoms with Crippen LogP contribution in [0.4, 0.5) is 20.2 Å². The van der Waals surface area contributed by atoms with Gasteiger partial charge in [0.25, 0.3) is 15.9 Å². The van der Waals surface area contributed by atoms with E-state index in [1.54, 1.807) is 0 Å². The summed E-state index contributed by atoms with van der Waals surface area (Å²) in [6.07, 6.45) is 0. The Labute approximate surface area is 186 Å². The van der Waals surface area contributed by atoms with Crippen molar-refractivity contribution in [3.8, 4) is 5.75 Å². The van der Waals surface area contributed by atoms with E-state index < -0.39 is 39.9 Å². The lowest BCUT2D eigenvalue weighted by molar-refractivity contribution is -0.118. The van der Waals surface area contributed by atoms with Gasteiger partial charge in [-0.1, -0.05) is 29.3 Å². The average molecular weight is 487 g/mol. The van der Waals surface area contributed by atoms with Crippen LogP contribution in [0.3, 0.4) is 0 Å². The topological polar surface area (TPSA) is 84.5 Å². The van der Waals surface area contributed by atoms with Gasteiger partial charge in [-0.2, -0.15) is 0 Å². The maximum Gasteiger partial charge on any atom is 0.262 e. The highest BCUT2D eigenvalue weighted by Gasteiger charge is 2.16. The van der Waals surface area contributed by atoms with Gasteiger partial charge in [-0.15, -0.1) is 0 Å². The molecule has 0 spiro atoms. The Morgan fingerprint density at radius 1 is 0.935 bits per heavy atom. The summed E-state index contributed by atoms with van der Waals surface area (Å²) >= 11 is 11.7. The minimum Gasteiger partial charge on any atom is -0.484 e. The monoisotopic (exact) mass is 486 g/mol. The molecule has 0 radical (unpaired) electrons. The SMILES string of the molecule is O=C(COc1ccc(S(=O)(=O)Nc2ccc(Cl)c(Cl)c2)cc1)Nc1c(F)cccc1F. The van der Waals surface area contributed by atoms with Gasteiger partial charge < -0.3 is 10.1 Å². The van der Waals surface area contributed by atoms with Gasteiger partial charge in [-0.25, -0.2) is 17.2 Å². The second-order valence-electron chi connectivity index (χ2n) is 6.14. The third-order valence-electron chi connectivity index (χ3n) is 3.90. The van der Waals surface area contributed by atoms with Crippen molar-refractivity contribution in [2.45, 2.75) is 4.90 Å². The Hall–Kier alpha value is -2.88. The number of halogens is 4. The van der Waals surface area contributed by atoms with E-state index in [0.717, 1.165) is 12.1 Å². The van der Waals surface area contributed by atoms with Crippen LogP contribution < -0.4 is 14.8 Å². The molecule has 3 aromatic carbocycles. The fourth-order valence-electron chi connectivity index (χ4n) is 2.43. The number of carbonyl (C=O) groups excluding carboxylic acids is 1. The number of anilines is 2. The van der Waals surface area contributed by atoms with Gasteiger partial charge in [-0.3, -0.25) is 9.52 Å². The number of benzene rings is 3. The number of para-hydroxylation sites is 1. The second-order valence-corrected chi connectivity index (χ2v) is 8.64. The first-order chi connectivity index (χ1) is 14.7. The zero-order valence-electron chi connectivity index (χ0n) is 15.5. The molecule has 0 saturated heterocycles. The molecule has 0 atom stereocenters. The van der Waals surface area contributed by atoms with E-state index in [-0.39, 0.29) is 26.4 Å². The van der Waals surface area contributed by atoms with E-state index >= 15 is 0 Å². The van der Waals surface area contributed by atoms with Crippen LogP contribution in [-0.4, -0.2) is 20.9 Å². The Morgan fingerprint density at radius 3 is 2.19 bits per heavy atom. The fraction of sp³-hybridized carbons (Fsp3) is 0.0500. The van der Waals surface area contributed by atoms with Crippen molar-refractivity contribution in [2.24, 2.45) is 0 Å². The maximum atomic E-state index is 13.6. The maximum absolute atomic E-state index is 13.6. The summed E-state index contributed by atoms with van der Waals surface area (Å²) in [4.78, 5) is 11.8.